The van der Waals surface area contributed by atoms with Crippen molar-refractivity contribution < 1.29 is 0 Å². The quantitative estimate of drug-likeness (QED) is 0.301. The number of nitrogens with one attached hydrogen (secondary N) is 2. The minimum atomic E-state index is 0. The second kappa shape index (κ2) is 12.6. The molecule has 5 nitrogen and oxygen atoms in total. The Morgan fingerprint density at radius 3 is 2.67 bits per heavy atom. The van der Waals surface area contributed by atoms with Crippen molar-refractivity contribution in [1.29, 1.82) is 0 Å². The minimum Gasteiger partial charge on any atom is -0.356 e. The first-order valence-electron chi connectivity index (χ1n) is 10.8. The van der Waals surface area contributed by atoms with Gasteiger partial charge < -0.3 is 10.6 Å². The summed E-state index contributed by atoms with van der Waals surface area (Å²) in [5.41, 5.74) is 3.86. The summed E-state index contributed by atoms with van der Waals surface area (Å²) in [6.07, 6.45) is 3.49. The summed E-state index contributed by atoms with van der Waals surface area (Å²) in [5.74, 6) is 1.58. The Balaban J connectivity index is 0.00000320. The highest BCUT2D eigenvalue weighted by molar-refractivity contribution is 14.0. The van der Waals surface area contributed by atoms with Crippen molar-refractivity contribution in [3.05, 3.63) is 51.5 Å². The molecule has 1 fully saturated rings. The van der Waals surface area contributed by atoms with E-state index < -0.39 is 0 Å². The molecule has 7 heteroatoms. The van der Waals surface area contributed by atoms with Gasteiger partial charge in [-0.15, -0.1) is 35.3 Å². The van der Waals surface area contributed by atoms with Gasteiger partial charge in [-0.2, -0.15) is 0 Å². The molecule has 0 amide bonds. The Morgan fingerprint density at radius 1 is 1.30 bits per heavy atom. The van der Waals surface area contributed by atoms with Gasteiger partial charge in [0.05, 0.1) is 16.7 Å². The molecule has 3 rings (SSSR count). The summed E-state index contributed by atoms with van der Waals surface area (Å²) in [6.45, 7) is 10.8. The average molecular weight is 542 g/mol. The fourth-order valence-corrected chi connectivity index (χ4v) is 4.69. The van der Waals surface area contributed by atoms with Gasteiger partial charge in [-0.3, -0.25) is 9.89 Å². The summed E-state index contributed by atoms with van der Waals surface area (Å²) in [4.78, 5) is 11.7. The fourth-order valence-electron chi connectivity index (χ4n) is 3.95. The number of piperidine rings is 1. The zero-order valence-electron chi connectivity index (χ0n) is 18.6. The van der Waals surface area contributed by atoms with E-state index in [-0.39, 0.29) is 30.0 Å². The molecule has 1 saturated heterocycles. The SMILES string of the molecule is CCc1nc(CN2CCC(CNC(=NC)NC(C)c3ccccc3C)CC2)cs1.I. The van der Waals surface area contributed by atoms with Gasteiger partial charge in [-0.25, -0.2) is 4.98 Å². The van der Waals surface area contributed by atoms with E-state index in [0.717, 1.165) is 38.6 Å². The smallest absolute Gasteiger partial charge is 0.191 e. The van der Waals surface area contributed by atoms with Gasteiger partial charge in [0.25, 0.3) is 0 Å². The van der Waals surface area contributed by atoms with Crippen molar-refractivity contribution in [3.8, 4) is 0 Å². The van der Waals surface area contributed by atoms with Crippen molar-refractivity contribution in [1.82, 2.24) is 20.5 Å². The van der Waals surface area contributed by atoms with Crippen LogP contribution in [0.3, 0.4) is 0 Å². The van der Waals surface area contributed by atoms with Crippen molar-refractivity contribution in [2.75, 3.05) is 26.7 Å². The van der Waals surface area contributed by atoms with E-state index in [9.17, 15) is 0 Å². The summed E-state index contributed by atoms with van der Waals surface area (Å²) in [7, 11) is 1.85. The van der Waals surface area contributed by atoms with Crippen molar-refractivity contribution >= 4 is 41.3 Å². The van der Waals surface area contributed by atoms with Crippen LogP contribution in [0.5, 0.6) is 0 Å². The summed E-state index contributed by atoms with van der Waals surface area (Å²) in [5, 5.41) is 10.5. The van der Waals surface area contributed by atoms with Crippen molar-refractivity contribution in [2.45, 2.75) is 52.6 Å². The molecule has 1 atom stereocenters. The highest BCUT2D eigenvalue weighted by Crippen LogP contribution is 2.20. The maximum Gasteiger partial charge on any atom is 0.191 e. The number of rotatable bonds is 7. The Labute approximate surface area is 202 Å². The van der Waals surface area contributed by atoms with Crippen LogP contribution in [0.15, 0.2) is 34.6 Å². The lowest BCUT2D eigenvalue weighted by Gasteiger charge is -2.32. The highest BCUT2D eigenvalue weighted by atomic mass is 127. The standard InChI is InChI=1S/C23H35N5S.HI/c1-5-22-27-20(16-29-22)15-28-12-10-19(11-13-28)14-25-23(24-4)26-18(3)21-9-7-6-8-17(21)2;/h6-9,16,18-19H,5,10-15H2,1-4H3,(H2,24,25,26);1H. The summed E-state index contributed by atoms with van der Waals surface area (Å²) in [6, 6.07) is 8.75. The van der Waals surface area contributed by atoms with E-state index >= 15 is 0 Å². The topological polar surface area (TPSA) is 52.6 Å². The monoisotopic (exact) mass is 541 g/mol. The van der Waals surface area contributed by atoms with Gasteiger partial charge >= 0.3 is 0 Å². The number of nitrogens with zero attached hydrogens (tertiary/aromatic N) is 3. The van der Waals surface area contributed by atoms with Gasteiger partial charge in [-0.1, -0.05) is 31.2 Å². The largest absolute Gasteiger partial charge is 0.356 e. The number of likely N-dealkylation sites (tertiary alicyclic amines) is 1. The van der Waals surface area contributed by atoms with E-state index in [1.165, 1.54) is 34.7 Å². The molecule has 166 valence electrons. The number of hydrogen-bond acceptors (Lipinski definition) is 4. The lowest BCUT2D eigenvalue weighted by atomic mass is 9.97. The third kappa shape index (κ3) is 7.20. The lowest BCUT2D eigenvalue weighted by molar-refractivity contribution is 0.176. The zero-order valence-corrected chi connectivity index (χ0v) is 21.8. The fraction of sp³-hybridized carbons (Fsp3) is 0.565. The first-order chi connectivity index (χ1) is 14.1. The van der Waals surface area contributed by atoms with Crippen LogP contribution >= 0.6 is 35.3 Å². The van der Waals surface area contributed by atoms with Gasteiger partial charge in [0.1, 0.15) is 0 Å². The molecule has 1 aromatic heterocycles. The number of thiazole rings is 1. The number of aliphatic imine (C=N–C) groups is 1. The molecule has 0 saturated carbocycles. The van der Waals surface area contributed by atoms with Crippen molar-refractivity contribution in [2.24, 2.45) is 10.9 Å². The van der Waals surface area contributed by atoms with Crippen LogP contribution in [0.25, 0.3) is 0 Å². The van der Waals surface area contributed by atoms with E-state index in [2.05, 4.69) is 70.9 Å². The molecule has 30 heavy (non-hydrogen) atoms. The predicted molar refractivity (Wildman–Crippen MR) is 139 cm³/mol. The first kappa shape index (κ1) is 25.1. The van der Waals surface area contributed by atoms with Crippen LogP contribution < -0.4 is 10.6 Å². The highest BCUT2D eigenvalue weighted by Gasteiger charge is 2.20. The number of hydrogen-bond donors (Lipinski definition) is 2. The van der Waals surface area contributed by atoms with E-state index in [1.807, 2.05) is 7.05 Å². The summed E-state index contributed by atoms with van der Waals surface area (Å²) >= 11 is 1.79. The van der Waals surface area contributed by atoms with Gasteiger partial charge in [0.15, 0.2) is 5.96 Å². The van der Waals surface area contributed by atoms with E-state index in [0.29, 0.717) is 5.92 Å². The normalized spacial score (nSPS) is 16.7. The summed E-state index contributed by atoms with van der Waals surface area (Å²) < 4.78 is 0. The van der Waals surface area contributed by atoms with Crippen LogP contribution in [0, 0.1) is 12.8 Å². The molecule has 0 aliphatic carbocycles. The molecular formula is C23H36IN5S. The Bertz CT molecular complexity index is 798. The van der Waals surface area contributed by atoms with E-state index in [4.69, 9.17) is 4.98 Å². The van der Waals surface area contributed by atoms with Gasteiger partial charge in [0.2, 0.25) is 0 Å². The third-order valence-electron chi connectivity index (χ3n) is 5.78. The van der Waals surface area contributed by atoms with Gasteiger partial charge in [-0.05, 0) is 63.2 Å². The number of guanidine groups is 1. The molecule has 0 bridgehead atoms. The zero-order chi connectivity index (χ0) is 20.6. The maximum atomic E-state index is 4.71. The Kier molecular flexibility index (Phi) is 10.5. The molecule has 0 radical (unpaired) electrons. The van der Waals surface area contributed by atoms with Crippen molar-refractivity contribution in [3.63, 3.8) is 0 Å². The Hall–Kier alpha value is -1.19. The predicted octanol–water partition coefficient (Wildman–Crippen LogP) is 4.77. The van der Waals surface area contributed by atoms with Gasteiger partial charge in [0, 0.05) is 25.5 Å². The lowest BCUT2D eigenvalue weighted by Crippen LogP contribution is -2.43. The molecule has 2 aromatic rings. The molecular weight excluding hydrogens is 505 g/mol. The number of aromatic nitrogens is 1. The average Bonchev–Trinajstić information content (AvgIpc) is 3.20. The minimum absolute atomic E-state index is 0. The number of benzene rings is 1. The van der Waals surface area contributed by atoms with Crippen LogP contribution in [0.4, 0.5) is 0 Å². The molecule has 0 spiro atoms. The van der Waals surface area contributed by atoms with Crippen LogP contribution in [0.1, 0.15) is 54.6 Å². The second-order valence-corrected chi connectivity index (χ2v) is 8.92. The molecule has 1 unspecified atom stereocenters. The molecule has 2 N–H and O–H groups in total. The number of aryl methyl sites for hydroxylation is 2. The number of halogens is 1. The second-order valence-electron chi connectivity index (χ2n) is 7.98. The van der Waals surface area contributed by atoms with Crippen LogP contribution in [0.2, 0.25) is 0 Å². The van der Waals surface area contributed by atoms with Crippen LogP contribution in [-0.4, -0.2) is 42.5 Å². The van der Waals surface area contributed by atoms with Crippen LogP contribution in [-0.2, 0) is 13.0 Å². The molecule has 1 aliphatic rings. The maximum absolute atomic E-state index is 4.71. The molecule has 1 aromatic carbocycles. The Morgan fingerprint density at radius 2 is 2.03 bits per heavy atom. The molecule has 2 heterocycles. The first-order valence-corrected chi connectivity index (χ1v) is 11.6. The molecule has 1 aliphatic heterocycles. The third-order valence-corrected chi connectivity index (χ3v) is 6.83. The van der Waals surface area contributed by atoms with E-state index in [1.54, 1.807) is 11.3 Å².